The lowest BCUT2D eigenvalue weighted by Gasteiger charge is -2.39. The number of pyridine rings is 1. The molecule has 148 valence electrons. The quantitative estimate of drug-likeness (QED) is 0.584. The number of aldehydes is 1. The number of hydrogen-bond donors (Lipinski definition) is 1. The van der Waals surface area contributed by atoms with Gasteiger partial charge in [-0.1, -0.05) is 17.7 Å². The van der Waals surface area contributed by atoms with Crippen molar-refractivity contribution in [3.63, 3.8) is 0 Å². The van der Waals surface area contributed by atoms with E-state index in [9.17, 15) is 13.6 Å². The number of carbonyl (C=O) groups is 1. The molecule has 1 aliphatic rings. The normalized spacial score (nSPS) is 13.7. The maximum absolute atomic E-state index is 13.8. The third-order valence-electron chi connectivity index (χ3n) is 4.49. The van der Waals surface area contributed by atoms with Crippen molar-refractivity contribution in [1.29, 1.82) is 0 Å². The molecule has 0 aliphatic carbocycles. The summed E-state index contributed by atoms with van der Waals surface area (Å²) in [7, 11) is 0. The van der Waals surface area contributed by atoms with Crippen LogP contribution in [-0.2, 0) is 0 Å². The zero-order valence-electron chi connectivity index (χ0n) is 15.1. The Morgan fingerprint density at radius 2 is 1.93 bits per heavy atom. The second kappa shape index (κ2) is 8.05. The summed E-state index contributed by atoms with van der Waals surface area (Å²) in [5, 5.41) is 3.38. The molecule has 0 radical (unpaired) electrons. The minimum Gasteiger partial charge on any atom is -0.484 e. The third kappa shape index (κ3) is 4.30. The summed E-state index contributed by atoms with van der Waals surface area (Å²) in [6.07, 6.45) is 0.310. The van der Waals surface area contributed by atoms with Crippen molar-refractivity contribution in [2.24, 2.45) is 0 Å². The molecule has 0 atom stereocenters. The van der Waals surface area contributed by atoms with Gasteiger partial charge in [0.15, 0.2) is 17.9 Å². The van der Waals surface area contributed by atoms with Crippen LogP contribution in [0.2, 0.25) is 5.02 Å². The Kier molecular flexibility index (Phi) is 5.31. The average Bonchev–Trinajstić information content (AvgIpc) is 2.67. The van der Waals surface area contributed by atoms with Crippen LogP contribution in [-0.4, -0.2) is 30.5 Å². The van der Waals surface area contributed by atoms with Crippen molar-refractivity contribution < 1.29 is 18.3 Å². The first kappa shape index (κ1) is 19.1. The molecule has 3 aromatic rings. The average molecular weight is 416 g/mol. The van der Waals surface area contributed by atoms with Gasteiger partial charge in [0.2, 0.25) is 0 Å². The second-order valence-corrected chi connectivity index (χ2v) is 7.02. The molecule has 8 heteroatoms. The highest BCUT2D eigenvalue weighted by atomic mass is 35.5. The van der Waals surface area contributed by atoms with Crippen LogP contribution in [0.3, 0.4) is 0 Å². The second-order valence-electron chi connectivity index (χ2n) is 6.58. The fraction of sp³-hybridized carbons (Fsp3) is 0.143. The van der Waals surface area contributed by atoms with Crippen LogP contribution < -0.4 is 15.0 Å². The SMILES string of the molecule is O=Cc1cc(Nc2cccc(N3CC(Oc4ccc(Cl)cc4F)C3)n2)ccc1F. The Morgan fingerprint density at radius 1 is 1.10 bits per heavy atom. The molecule has 29 heavy (non-hydrogen) atoms. The predicted octanol–water partition coefficient (Wildman–Crippen LogP) is 4.84. The molecule has 5 nitrogen and oxygen atoms in total. The third-order valence-corrected chi connectivity index (χ3v) is 4.72. The van der Waals surface area contributed by atoms with Crippen LogP contribution in [0.5, 0.6) is 5.75 Å². The number of benzene rings is 2. The van der Waals surface area contributed by atoms with E-state index in [4.69, 9.17) is 16.3 Å². The van der Waals surface area contributed by atoms with E-state index in [2.05, 4.69) is 10.3 Å². The summed E-state index contributed by atoms with van der Waals surface area (Å²) in [4.78, 5) is 17.4. The van der Waals surface area contributed by atoms with Crippen molar-refractivity contribution in [2.75, 3.05) is 23.3 Å². The number of nitrogens with one attached hydrogen (secondary N) is 1. The van der Waals surface area contributed by atoms with Gasteiger partial charge < -0.3 is 15.0 Å². The Balaban J connectivity index is 1.39. The largest absolute Gasteiger partial charge is 0.484 e. The summed E-state index contributed by atoms with van der Waals surface area (Å²) in [6, 6.07) is 13.9. The summed E-state index contributed by atoms with van der Waals surface area (Å²) < 4.78 is 33.0. The number of rotatable bonds is 6. The molecule has 1 N–H and O–H groups in total. The van der Waals surface area contributed by atoms with E-state index in [0.717, 1.165) is 5.82 Å². The zero-order chi connectivity index (χ0) is 20.4. The van der Waals surface area contributed by atoms with Crippen LogP contribution in [0.1, 0.15) is 10.4 Å². The van der Waals surface area contributed by atoms with Crippen molar-refractivity contribution >= 4 is 35.2 Å². The van der Waals surface area contributed by atoms with Crippen LogP contribution in [0, 0.1) is 11.6 Å². The highest BCUT2D eigenvalue weighted by molar-refractivity contribution is 6.30. The minimum atomic E-state index is -0.573. The smallest absolute Gasteiger partial charge is 0.166 e. The van der Waals surface area contributed by atoms with Gasteiger partial charge in [-0.3, -0.25) is 4.79 Å². The standard InChI is InChI=1S/C21H16ClF2N3O2/c22-14-4-7-19(18(24)9-14)29-16-10-27(11-16)21-3-1-2-20(26-21)25-15-5-6-17(23)13(8-15)12-28/h1-9,12,16H,10-11H2,(H,25,26). The van der Waals surface area contributed by atoms with Crippen LogP contribution in [0.4, 0.5) is 26.1 Å². The lowest BCUT2D eigenvalue weighted by molar-refractivity contribution is 0.112. The number of hydrogen-bond acceptors (Lipinski definition) is 5. The number of ether oxygens (including phenoxy) is 1. The number of aromatic nitrogens is 1. The molecule has 0 amide bonds. The molecule has 2 aromatic carbocycles. The van der Waals surface area contributed by atoms with E-state index < -0.39 is 11.6 Å². The van der Waals surface area contributed by atoms with Gasteiger partial charge in [-0.2, -0.15) is 0 Å². The molecule has 0 bridgehead atoms. The number of nitrogens with zero attached hydrogens (tertiary/aromatic N) is 2. The van der Waals surface area contributed by atoms with E-state index in [1.54, 1.807) is 12.1 Å². The summed E-state index contributed by atoms with van der Waals surface area (Å²) in [5.74, 6) is 0.387. The Morgan fingerprint density at radius 3 is 2.69 bits per heavy atom. The Hall–Kier alpha value is -3.19. The van der Waals surface area contributed by atoms with Crippen LogP contribution in [0.25, 0.3) is 0 Å². The topological polar surface area (TPSA) is 54.5 Å². The molecule has 4 rings (SSSR count). The first-order valence-corrected chi connectivity index (χ1v) is 9.25. The molecule has 1 saturated heterocycles. The van der Waals surface area contributed by atoms with E-state index in [-0.39, 0.29) is 17.4 Å². The zero-order valence-corrected chi connectivity index (χ0v) is 15.9. The van der Waals surface area contributed by atoms with E-state index in [0.29, 0.717) is 35.9 Å². The maximum atomic E-state index is 13.8. The van der Waals surface area contributed by atoms with Crippen molar-refractivity contribution in [1.82, 2.24) is 4.98 Å². The lowest BCUT2D eigenvalue weighted by atomic mass is 10.1. The monoisotopic (exact) mass is 415 g/mol. The number of halogens is 3. The van der Waals surface area contributed by atoms with Crippen LogP contribution in [0.15, 0.2) is 54.6 Å². The van der Waals surface area contributed by atoms with Crippen molar-refractivity contribution in [3.05, 3.63) is 76.8 Å². The lowest BCUT2D eigenvalue weighted by Crippen LogP contribution is -2.54. The molecule has 1 aliphatic heterocycles. The summed E-state index contributed by atoms with van der Waals surface area (Å²) in [6.45, 7) is 1.12. The fourth-order valence-corrected chi connectivity index (χ4v) is 3.14. The van der Waals surface area contributed by atoms with Gasteiger partial charge in [0.05, 0.1) is 18.7 Å². The highest BCUT2D eigenvalue weighted by Gasteiger charge is 2.30. The minimum absolute atomic E-state index is 0.0247. The first-order chi connectivity index (χ1) is 14.0. The molecule has 1 aromatic heterocycles. The van der Waals surface area contributed by atoms with Crippen LogP contribution >= 0.6 is 11.6 Å². The Labute approximate surface area is 170 Å². The molecular weight excluding hydrogens is 400 g/mol. The van der Waals surface area contributed by atoms with Gasteiger partial charge in [0, 0.05) is 10.7 Å². The number of anilines is 3. The van der Waals surface area contributed by atoms with E-state index in [1.807, 2.05) is 17.0 Å². The van der Waals surface area contributed by atoms with Gasteiger partial charge in [-0.05, 0) is 48.5 Å². The molecule has 1 fully saturated rings. The van der Waals surface area contributed by atoms with Crippen molar-refractivity contribution in [2.45, 2.75) is 6.10 Å². The van der Waals surface area contributed by atoms with Crippen molar-refractivity contribution in [3.8, 4) is 5.75 Å². The van der Waals surface area contributed by atoms with Gasteiger partial charge in [0.1, 0.15) is 23.6 Å². The molecular formula is C21H16ClF2N3O2. The number of carbonyl (C=O) groups excluding carboxylic acids is 1. The molecule has 2 heterocycles. The molecule has 0 saturated carbocycles. The summed E-state index contributed by atoms with van der Waals surface area (Å²) in [5.41, 5.74) is 0.532. The van der Waals surface area contributed by atoms with Gasteiger partial charge in [0.25, 0.3) is 0 Å². The van der Waals surface area contributed by atoms with Gasteiger partial charge in [-0.15, -0.1) is 0 Å². The summed E-state index contributed by atoms with van der Waals surface area (Å²) >= 11 is 5.75. The molecule has 0 spiro atoms. The molecule has 0 unspecified atom stereocenters. The highest BCUT2D eigenvalue weighted by Crippen LogP contribution is 2.27. The predicted molar refractivity (Wildman–Crippen MR) is 107 cm³/mol. The Bertz CT molecular complexity index is 1060. The van der Waals surface area contributed by atoms with Gasteiger partial charge >= 0.3 is 0 Å². The fourth-order valence-electron chi connectivity index (χ4n) is 2.98. The van der Waals surface area contributed by atoms with E-state index >= 15 is 0 Å². The maximum Gasteiger partial charge on any atom is 0.166 e. The van der Waals surface area contributed by atoms with Gasteiger partial charge in [-0.25, -0.2) is 13.8 Å². The van der Waals surface area contributed by atoms with E-state index in [1.165, 1.54) is 30.3 Å². The first-order valence-electron chi connectivity index (χ1n) is 8.87.